The minimum absolute atomic E-state index is 0.0462. The lowest BCUT2D eigenvalue weighted by molar-refractivity contribution is -0.155. The number of esters is 1. The topological polar surface area (TPSA) is 90.0 Å². The van der Waals surface area contributed by atoms with Gasteiger partial charge in [0.15, 0.2) is 27.5 Å². The molecule has 1 saturated heterocycles. The van der Waals surface area contributed by atoms with E-state index in [0.29, 0.717) is 12.0 Å². The summed E-state index contributed by atoms with van der Waals surface area (Å²) >= 11 is 0. The fourth-order valence-electron chi connectivity index (χ4n) is 2.76. The van der Waals surface area contributed by atoms with Crippen molar-refractivity contribution >= 4 is 27.8 Å². The number of amides is 1. The van der Waals surface area contributed by atoms with Crippen molar-refractivity contribution in [2.75, 3.05) is 25.7 Å². The number of hydrogen-bond donors (Lipinski definition) is 0. The number of ether oxygens (including phenoxy) is 2. The van der Waals surface area contributed by atoms with Crippen LogP contribution in [0.3, 0.4) is 0 Å². The highest BCUT2D eigenvalue weighted by molar-refractivity contribution is 7.91. The SMILES string of the molecule is COc1ccc(/C=C/C(=O)O[C@H](C)C(=O)N(C)[C@@H]2CCS(=O)(=O)C2)cc1F. The van der Waals surface area contributed by atoms with Gasteiger partial charge in [-0.2, -0.15) is 0 Å². The molecule has 0 aliphatic carbocycles. The Balaban J connectivity index is 1.92. The van der Waals surface area contributed by atoms with E-state index in [9.17, 15) is 22.4 Å². The zero-order valence-corrected chi connectivity index (χ0v) is 16.2. The van der Waals surface area contributed by atoms with Crippen LogP contribution in [0.1, 0.15) is 18.9 Å². The van der Waals surface area contributed by atoms with Crippen LogP contribution in [-0.2, 0) is 24.2 Å². The van der Waals surface area contributed by atoms with E-state index in [1.165, 1.54) is 44.2 Å². The molecule has 2 rings (SSSR count). The van der Waals surface area contributed by atoms with Crippen LogP contribution >= 0.6 is 0 Å². The first-order valence-electron chi connectivity index (χ1n) is 8.32. The predicted molar refractivity (Wildman–Crippen MR) is 97.4 cm³/mol. The van der Waals surface area contributed by atoms with Gasteiger partial charge in [-0.25, -0.2) is 17.6 Å². The highest BCUT2D eigenvalue weighted by atomic mass is 32.2. The van der Waals surface area contributed by atoms with Gasteiger partial charge in [0.2, 0.25) is 0 Å². The van der Waals surface area contributed by atoms with Crippen molar-refractivity contribution in [2.45, 2.75) is 25.5 Å². The number of rotatable bonds is 6. The average molecular weight is 399 g/mol. The molecule has 0 radical (unpaired) electrons. The summed E-state index contributed by atoms with van der Waals surface area (Å²) in [6, 6.07) is 3.78. The van der Waals surface area contributed by atoms with Gasteiger partial charge in [-0.15, -0.1) is 0 Å². The molecule has 0 spiro atoms. The van der Waals surface area contributed by atoms with Crippen LogP contribution in [0.4, 0.5) is 4.39 Å². The number of likely N-dealkylation sites (N-methyl/N-ethyl adjacent to an activating group) is 1. The zero-order chi connectivity index (χ0) is 20.2. The Kier molecular flexibility index (Phi) is 6.59. The van der Waals surface area contributed by atoms with Crippen molar-refractivity contribution in [3.8, 4) is 5.75 Å². The number of sulfone groups is 1. The highest BCUT2D eigenvalue weighted by Gasteiger charge is 2.34. The first-order chi connectivity index (χ1) is 12.6. The summed E-state index contributed by atoms with van der Waals surface area (Å²) in [6.07, 6.45) is 1.75. The number of benzene rings is 1. The summed E-state index contributed by atoms with van der Waals surface area (Å²) < 4.78 is 46.5. The number of nitrogens with zero attached hydrogens (tertiary/aromatic N) is 1. The quantitative estimate of drug-likeness (QED) is 0.531. The molecule has 0 unspecified atom stereocenters. The molecule has 1 aliphatic heterocycles. The van der Waals surface area contributed by atoms with E-state index in [-0.39, 0.29) is 17.3 Å². The molecule has 0 saturated carbocycles. The molecule has 9 heteroatoms. The van der Waals surface area contributed by atoms with Gasteiger partial charge in [0.25, 0.3) is 5.91 Å². The van der Waals surface area contributed by atoms with Gasteiger partial charge in [0.1, 0.15) is 0 Å². The number of halogens is 1. The molecule has 0 bridgehead atoms. The average Bonchev–Trinajstić information content (AvgIpc) is 2.98. The standard InChI is InChI=1S/C18H22FNO6S/c1-12(18(22)20(2)14-8-9-27(23,24)11-14)26-17(21)7-5-13-4-6-16(25-3)15(19)10-13/h4-7,10,12,14H,8-9,11H2,1-3H3/b7-5+/t12-,14-/m1/s1. The Morgan fingerprint density at radius 1 is 1.37 bits per heavy atom. The maximum atomic E-state index is 13.6. The molecule has 148 valence electrons. The molecule has 27 heavy (non-hydrogen) atoms. The monoisotopic (exact) mass is 399 g/mol. The van der Waals surface area contributed by atoms with Gasteiger partial charge in [0, 0.05) is 19.2 Å². The molecule has 0 N–H and O–H groups in total. The fraction of sp³-hybridized carbons (Fsp3) is 0.444. The van der Waals surface area contributed by atoms with Crippen molar-refractivity contribution in [3.05, 3.63) is 35.7 Å². The minimum atomic E-state index is -3.12. The third kappa shape index (κ3) is 5.53. The summed E-state index contributed by atoms with van der Waals surface area (Å²) in [5, 5.41) is 0. The van der Waals surface area contributed by atoms with E-state index in [0.717, 1.165) is 6.08 Å². The van der Waals surface area contributed by atoms with Crippen LogP contribution in [0.25, 0.3) is 6.08 Å². The van der Waals surface area contributed by atoms with Crippen LogP contribution in [0.15, 0.2) is 24.3 Å². The van der Waals surface area contributed by atoms with Gasteiger partial charge >= 0.3 is 5.97 Å². The van der Waals surface area contributed by atoms with E-state index < -0.39 is 39.7 Å². The molecule has 2 atom stereocenters. The Bertz CT molecular complexity index is 851. The van der Waals surface area contributed by atoms with Crippen LogP contribution in [0.2, 0.25) is 0 Å². The Hall–Kier alpha value is -2.42. The lowest BCUT2D eigenvalue weighted by atomic mass is 10.2. The van der Waals surface area contributed by atoms with E-state index >= 15 is 0 Å². The summed E-state index contributed by atoms with van der Waals surface area (Å²) in [7, 11) is -0.280. The van der Waals surface area contributed by atoms with Crippen LogP contribution in [-0.4, -0.2) is 63.0 Å². The predicted octanol–water partition coefficient (Wildman–Crippen LogP) is 1.42. The van der Waals surface area contributed by atoms with Crippen molar-refractivity contribution in [3.63, 3.8) is 0 Å². The fourth-order valence-corrected chi connectivity index (χ4v) is 4.54. The second-order valence-corrected chi connectivity index (χ2v) is 8.54. The normalized spacial score (nSPS) is 19.6. The summed E-state index contributed by atoms with van der Waals surface area (Å²) in [5.41, 5.74) is 0.428. The number of carbonyl (C=O) groups excluding carboxylic acids is 2. The third-order valence-electron chi connectivity index (χ3n) is 4.33. The van der Waals surface area contributed by atoms with Crippen molar-refractivity contribution in [1.29, 1.82) is 0 Å². The lowest BCUT2D eigenvalue weighted by Crippen LogP contribution is -2.44. The largest absolute Gasteiger partial charge is 0.494 e. The van der Waals surface area contributed by atoms with Crippen molar-refractivity contribution in [1.82, 2.24) is 4.90 Å². The molecule has 1 heterocycles. The van der Waals surface area contributed by atoms with E-state index in [1.807, 2.05) is 0 Å². The summed E-state index contributed by atoms with van der Waals surface area (Å²) in [4.78, 5) is 25.5. The zero-order valence-electron chi connectivity index (χ0n) is 15.3. The van der Waals surface area contributed by atoms with E-state index in [2.05, 4.69) is 0 Å². The van der Waals surface area contributed by atoms with Gasteiger partial charge in [-0.1, -0.05) is 6.07 Å². The highest BCUT2D eigenvalue weighted by Crippen LogP contribution is 2.19. The maximum Gasteiger partial charge on any atom is 0.331 e. The Morgan fingerprint density at radius 3 is 2.63 bits per heavy atom. The molecule has 1 aromatic carbocycles. The molecule has 1 fully saturated rings. The van der Waals surface area contributed by atoms with Crippen molar-refractivity contribution in [2.24, 2.45) is 0 Å². The molecule has 7 nitrogen and oxygen atoms in total. The van der Waals surface area contributed by atoms with E-state index in [1.54, 1.807) is 6.07 Å². The molecule has 1 aromatic rings. The van der Waals surface area contributed by atoms with E-state index in [4.69, 9.17) is 9.47 Å². The van der Waals surface area contributed by atoms with Crippen LogP contribution in [0.5, 0.6) is 5.75 Å². The minimum Gasteiger partial charge on any atom is -0.494 e. The van der Waals surface area contributed by atoms with Gasteiger partial charge in [-0.3, -0.25) is 4.79 Å². The smallest absolute Gasteiger partial charge is 0.331 e. The van der Waals surface area contributed by atoms with Gasteiger partial charge in [0.05, 0.1) is 18.6 Å². The lowest BCUT2D eigenvalue weighted by Gasteiger charge is -2.26. The van der Waals surface area contributed by atoms with Crippen molar-refractivity contribution < 1.29 is 31.9 Å². The Labute approximate surface area is 157 Å². The van der Waals surface area contributed by atoms with Crippen LogP contribution < -0.4 is 4.74 Å². The van der Waals surface area contributed by atoms with Gasteiger partial charge in [-0.05, 0) is 37.1 Å². The van der Waals surface area contributed by atoms with Gasteiger partial charge < -0.3 is 14.4 Å². The molecule has 1 aliphatic rings. The number of hydrogen-bond acceptors (Lipinski definition) is 6. The second kappa shape index (κ2) is 8.51. The number of methoxy groups -OCH3 is 1. The molecule has 0 aromatic heterocycles. The second-order valence-electron chi connectivity index (χ2n) is 6.31. The summed E-state index contributed by atoms with van der Waals surface area (Å²) in [6.45, 7) is 1.42. The van der Waals surface area contributed by atoms with Crippen LogP contribution in [0, 0.1) is 5.82 Å². The first-order valence-corrected chi connectivity index (χ1v) is 10.1. The maximum absolute atomic E-state index is 13.6. The molecule has 1 amide bonds. The summed E-state index contributed by atoms with van der Waals surface area (Å²) in [5.74, 6) is -1.76. The number of carbonyl (C=O) groups is 2. The first kappa shape index (κ1) is 20.9. The molecular formula is C18H22FNO6S. The third-order valence-corrected chi connectivity index (χ3v) is 6.08. The Morgan fingerprint density at radius 2 is 2.07 bits per heavy atom. The molecular weight excluding hydrogens is 377 g/mol.